The van der Waals surface area contributed by atoms with Crippen molar-refractivity contribution in [1.29, 1.82) is 0 Å². The normalized spacial score (nSPS) is 14.1. The minimum atomic E-state index is -0.180. The summed E-state index contributed by atoms with van der Waals surface area (Å²) in [6, 6.07) is 34.9. The Hall–Kier alpha value is -4.64. The number of hydrazone groups is 1. The highest BCUT2D eigenvalue weighted by atomic mass is 16.5. The van der Waals surface area contributed by atoms with E-state index in [0.717, 1.165) is 22.4 Å². The van der Waals surface area contributed by atoms with Gasteiger partial charge in [0.15, 0.2) is 11.5 Å². The van der Waals surface area contributed by atoms with Crippen molar-refractivity contribution in [2.24, 2.45) is 5.10 Å². The number of amides is 1. The summed E-state index contributed by atoms with van der Waals surface area (Å²) in [6.07, 6.45) is 1.86. The molecular weight excluding hydrogens is 448 g/mol. The van der Waals surface area contributed by atoms with Crippen molar-refractivity contribution in [1.82, 2.24) is 0 Å². The Balaban J connectivity index is 1.51. The summed E-state index contributed by atoms with van der Waals surface area (Å²) < 4.78 is 11.9. The molecule has 0 N–H and O–H groups in total. The van der Waals surface area contributed by atoms with Crippen LogP contribution >= 0.6 is 0 Å². The first-order chi connectivity index (χ1) is 17.7. The van der Waals surface area contributed by atoms with Crippen molar-refractivity contribution in [2.45, 2.75) is 13.5 Å². The number of nitrogens with zero attached hydrogens (tertiary/aromatic N) is 2. The Kier molecular flexibility index (Phi) is 6.90. The van der Waals surface area contributed by atoms with E-state index in [1.54, 1.807) is 0 Å². The molecule has 0 saturated heterocycles. The number of carbonyl (C=O) groups is 1. The third kappa shape index (κ3) is 5.05. The molecule has 0 aliphatic carbocycles. The van der Waals surface area contributed by atoms with E-state index >= 15 is 0 Å². The number of para-hydroxylation sites is 1. The highest BCUT2D eigenvalue weighted by Crippen LogP contribution is 2.32. The second-order valence-electron chi connectivity index (χ2n) is 8.24. The minimum absolute atomic E-state index is 0.180. The molecule has 0 saturated carbocycles. The molecule has 36 heavy (non-hydrogen) atoms. The third-order valence-electron chi connectivity index (χ3n) is 5.74. The molecule has 178 valence electrons. The molecule has 0 bridgehead atoms. The second kappa shape index (κ2) is 10.7. The van der Waals surface area contributed by atoms with Gasteiger partial charge in [-0.2, -0.15) is 10.1 Å². The molecule has 0 unspecified atom stereocenters. The van der Waals surface area contributed by atoms with Gasteiger partial charge in [0.1, 0.15) is 12.3 Å². The molecule has 5 nitrogen and oxygen atoms in total. The highest BCUT2D eigenvalue weighted by Gasteiger charge is 2.32. The van der Waals surface area contributed by atoms with E-state index < -0.39 is 0 Å². The monoisotopic (exact) mass is 474 g/mol. The van der Waals surface area contributed by atoms with E-state index in [1.807, 2.05) is 122 Å². The Bertz CT molecular complexity index is 1400. The fourth-order valence-corrected chi connectivity index (χ4v) is 4.00. The summed E-state index contributed by atoms with van der Waals surface area (Å²) in [6.45, 7) is 2.88. The van der Waals surface area contributed by atoms with E-state index in [-0.39, 0.29) is 5.91 Å². The molecule has 4 aromatic carbocycles. The van der Waals surface area contributed by atoms with Crippen LogP contribution in [0.3, 0.4) is 0 Å². The molecule has 5 rings (SSSR count). The van der Waals surface area contributed by atoms with E-state index in [4.69, 9.17) is 14.6 Å². The number of ether oxygens (including phenoxy) is 2. The lowest BCUT2D eigenvalue weighted by atomic mass is 10.00. The van der Waals surface area contributed by atoms with Crippen LogP contribution in [0.4, 0.5) is 5.69 Å². The van der Waals surface area contributed by atoms with Crippen molar-refractivity contribution < 1.29 is 14.3 Å². The number of rotatable bonds is 8. The summed E-state index contributed by atoms with van der Waals surface area (Å²) in [5.74, 6) is 1.11. The van der Waals surface area contributed by atoms with Gasteiger partial charge in [-0.3, -0.25) is 4.79 Å². The maximum atomic E-state index is 13.5. The lowest BCUT2D eigenvalue weighted by molar-refractivity contribution is -0.114. The summed E-state index contributed by atoms with van der Waals surface area (Å²) in [5.41, 5.74) is 4.63. The van der Waals surface area contributed by atoms with Gasteiger partial charge in [-0.15, -0.1) is 0 Å². The SMILES string of the molecule is CCOc1ccc(C=C2C(=O)N(c3ccccc3)N=C2c2ccccc2)cc1OCc1ccccc1. The number of hydrogen-bond donors (Lipinski definition) is 0. The van der Waals surface area contributed by atoms with Gasteiger partial charge in [0.05, 0.1) is 17.9 Å². The van der Waals surface area contributed by atoms with Gasteiger partial charge in [0, 0.05) is 5.56 Å². The standard InChI is InChI=1S/C31H26N2O3/c1-2-35-28-19-18-24(21-29(28)36-22-23-12-6-3-7-13-23)20-27-30(25-14-8-4-9-15-25)32-33(31(27)34)26-16-10-5-11-17-26/h3-21H,2,22H2,1H3. The predicted molar refractivity (Wildman–Crippen MR) is 143 cm³/mol. The van der Waals surface area contributed by atoms with Crippen molar-refractivity contribution >= 4 is 23.4 Å². The van der Waals surface area contributed by atoms with Crippen LogP contribution in [0.1, 0.15) is 23.6 Å². The summed E-state index contributed by atoms with van der Waals surface area (Å²) in [4.78, 5) is 13.5. The Morgan fingerprint density at radius 3 is 2.14 bits per heavy atom. The number of hydrogen-bond acceptors (Lipinski definition) is 4. The molecule has 4 aromatic rings. The topological polar surface area (TPSA) is 51.1 Å². The molecule has 1 heterocycles. The van der Waals surface area contributed by atoms with Crippen LogP contribution in [-0.4, -0.2) is 18.2 Å². The molecule has 1 amide bonds. The molecule has 1 aliphatic heterocycles. The molecule has 5 heteroatoms. The fourth-order valence-electron chi connectivity index (χ4n) is 4.00. The van der Waals surface area contributed by atoms with Gasteiger partial charge >= 0.3 is 0 Å². The molecule has 0 fully saturated rings. The maximum absolute atomic E-state index is 13.5. The van der Waals surface area contributed by atoms with E-state index in [9.17, 15) is 4.79 Å². The Labute approximate surface area is 210 Å². The molecule has 0 spiro atoms. The first kappa shape index (κ1) is 23.1. The lowest BCUT2D eigenvalue weighted by Crippen LogP contribution is -2.21. The Morgan fingerprint density at radius 1 is 0.778 bits per heavy atom. The van der Waals surface area contributed by atoms with Crippen LogP contribution in [-0.2, 0) is 11.4 Å². The quantitative estimate of drug-likeness (QED) is 0.274. The largest absolute Gasteiger partial charge is 0.490 e. The molecule has 1 aliphatic rings. The fraction of sp³-hybridized carbons (Fsp3) is 0.0968. The van der Waals surface area contributed by atoms with Gasteiger partial charge in [-0.05, 0) is 48.4 Å². The Morgan fingerprint density at radius 2 is 1.44 bits per heavy atom. The second-order valence-corrected chi connectivity index (χ2v) is 8.24. The maximum Gasteiger partial charge on any atom is 0.281 e. The first-order valence-electron chi connectivity index (χ1n) is 11.9. The average molecular weight is 475 g/mol. The van der Waals surface area contributed by atoms with Crippen molar-refractivity contribution in [3.8, 4) is 11.5 Å². The van der Waals surface area contributed by atoms with Crippen molar-refractivity contribution in [3.05, 3.63) is 131 Å². The zero-order valence-corrected chi connectivity index (χ0v) is 20.0. The first-order valence-corrected chi connectivity index (χ1v) is 11.9. The molecule has 0 aromatic heterocycles. The van der Waals surface area contributed by atoms with Crippen LogP contribution in [0.5, 0.6) is 11.5 Å². The van der Waals surface area contributed by atoms with E-state index in [2.05, 4.69) is 0 Å². The molecule has 0 radical (unpaired) electrons. The van der Waals surface area contributed by atoms with Crippen LogP contribution in [0, 0.1) is 0 Å². The zero-order chi connectivity index (χ0) is 24.7. The lowest BCUT2D eigenvalue weighted by Gasteiger charge is -2.13. The number of benzene rings is 4. The molecular formula is C31H26N2O3. The zero-order valence-electron chi connectivity index (χ0n) is 20.0. The smallest absolute Gasteiger partial charge is 0.281 e. The van der Waals surface area contributed by atoms with Crippen LogP contribution in [0.25, 0.3) is 6.08 Å². The third-order valence-corrected chi connectivity index (χ3v) is 5.74. The van der Waals surface area contributed by atoms with Crippen LogP contribution in [0.15, 0.2) is 120 Å². The minimum Gasteiger partial charge on any atom is -0.490 e. The van der Waals surface area contributed by atoms with Gasteiger partial charge in [0.2, 0.25) is 0 Å². The van der Waals surface area contributed by atoms with Gasteiger partial charge in [-0.25, -0.2) is 0 Å². The van der Waals surface area contributed by atoms with Crippen molar-refractivity contribution in [3.63, 3.8) is 0 Å². The number of carbonyl (C=O) groups excluding carboxylic acids is 1. The highest BCUT2D eigenvalue weighted by molar-refractivity contribution is 6.37. The van der Waals surface area contributed by atoms with Crippen LogP contribution in [0.2, 0.25) is 0 Å². The summed E-state index contributed by atoms with van der Waals surface area (Å²) in [5, 5.41) is 6.16. The summed E-state index contributed by atoms with van der Waals surface area (Å²) >= 11 is 0. The van der Waals surface area contributed by atoms with Gasteiger partial charge < -0.3 is 9.47 Å². The molecule has 0 atom stereocenters. The predicted octanol–water partition coefficient (Wildman–Crippen LogP) is 6.50. The number of anilines is 1. The van der Waals surface area contributed by atoms with Gasteiger partial charge in [-0.1, -0.05) is 84.9 Å². The average Bonchev–Trinajstić information content (AvgIpc) is 3.26. The van der Waals surface area contributed by atoms with Crippen LogP contribution < -0.4 is 14.5 Å². The van der Waals surface area contributed by atoms with Crippen molar-refractivity contribution in [2.75, 3.05) is 11.6 Å². The van der Waals surface area contributed by atoms with E-state index in [0.29, 0.717) is 36.0 Å². The summed E-state index contributed by atoms with van der Waals surface area (Å²) in [7, 11) is 0. The van der Waals surface area contributed by atoms with E-state index in [1.165, 1.54) is 5.01 Å². The van der Waals surface area contributed by atoms with Gasteiger partial charge in [0.25, 0.3) is 5.91 Å².